The first-order chi connectivity index (χ1) is 11.1. The van der Waals surface area contributed by atoms with E-state index in [2.05, 4.69) is 6.58 Å². The quantitative estimate of drug-likeness (QED) is 0.594. The summed E-state index contributed by atoms with van der Waals surface area (Å²) in [5.74, 6) is -0.630. The number of hydrogen-bond acceptors (Lipinski definition) is 4. The number of esters is 1. The van der Waals surface area contributed by atoms with E-state index in [-0.39, 0.29) is 17.0 Å². The van der Waals surface area contributed by atoms with Gasteiger partial charge in [0, 0.05) is 22.0 Å². The van der Waals surface area contributed by atoms with Crippen molar-refractivity contribution in [2.24, 2.45) is 16.2 Å². The summed E-state index contributed by atoms with van der Waals surface area (Å²) in [5, 5.41) is 11.6. The molecule has 4 atom stereocenters. The zero-order valence-electron chi connectivity index (χ0n) is 14.3. The number of carbonyl (C=O) groups excluding carboxylic acids is 2. The number of rotatable bonds is 1. The van der Waals surface area contributed by atoms with E-state index in [0.717, 1.165) is 0 Å². The third-order valence-corrected chi connectivity index (χ3v) is 6.64. The fourth-order valence-electron chi connectivity index (χ4n) is 4.90. The standard InChI is InChI=1S/C20H22O4/c1-5-17(2)9-10-20(23)12(11-17)13(21)14-15-18(3,16(22)24-14)7-6-8-19(15,20)4/h5-6,8,11,23H,1,7,9-10H2,2-4H3/t17-,18+,19-,20+/m0/s1. The summed E-state index contributed by atoms with van der Waals surface area (Å²) in [7, 11) is 0. The van der Waals surface area contributed by atoms with Crippen LogP contribution in [0.1, 0.15) is 40.0 Å². The van der Waals surface area contributed by atoms with Gasteiger partial charge in [0.1, 0.15) is 5.60 Å². The molecule has 0 aromatic heterocycles. The number of carbonyl (C=O) groups is 2. The normalized spacial score (nSPS) is 46.2. The average Bonchev–Trinajstić information content (AvgIpc) is 2.81. The van der Waals surface area contributed by atoms with Gasteiger partial charge in [-0.3, -0.25) is 9.59 Å². The molecular weight excluding hydrogens is 304 g/mol. The molecule has 0 aromatic carbocycles. The maximum Gasteiger partial charge on any atom is 0.321 e. The molecule has 4 aliphatic rings. The number of aliphatic hydroxyl groups is 1. The Kier molecular flexibility index (Phi) is 2.71. The zero-order chi connectivity index (χ0) is 17.5. The largest absolute Gasteiger partial charge is 0.422 e. The summed E-state index contributed by atoms with van der Waals surface area (Å²) in [6.07, 6.45) is 9.13. The predicted molar refractivity (Wildman–Crippen MR) is 88.7 cm³/mol. The lowest BCUT2D eigenvalue weighted by atomic mass is 9.49. The van der Waals surface area contributed by atoms with Crippen LogP contribution in [0.3, 0.4) is 0 Å². The van der Waals surface area contributed by atoms with Gasteiger partial charge >= 0.3 is 5.97 Å². The van der Waals surface area contributed by atoms with E-state index < -0.39 is 22.4 Å². The van der Waals surface area contributed by atoms with Crippen molar-refractivity contribution in [3.63, 3.8) is 0 Å². The molecule has 24 heavy (non-hydrogen) atoms. The van der Waals surface area contributed by atoms with Gasteiger partial charge < -0.3 is 9.84 Å². The molecule has 0 radical (unpaired) electrons. The minimum Gasteiger partial charge on any atom is -0.422 e. The Balaban J connectivity index is 2.04. The molecular formula is C20H22O4. The van der Waals surface area contributed by atoms with Gasteiger partial charge in [-0.1, -0.05) is 31.2 Å². The second kappa shape index (κ2) is 4.17. The summed E-state index contributed by atoms with van der Waals surface area (Å²) in [6, 6.07) is 0. The molecule has 0 saturated heterocycles. The van der Waals surface area contributed by atoms with Gasteiger partial charge in [-0.05, 0) is 33.1 Å². The van der Waals surface area contributed by atoms with Crippen molar-refractivity contribution in [3.8, 4) is 0 Å². The predicted octanol–water partition coefficient (Wildman–Crippen LogP) is 3.00. The minimum atomic E-state index is -1.32. The molecule has 4 heteroatoms. The first-order valence-corrected chi connectivity index (χ1v) is 8.41. The highest BCUT2D eigenvalue weighted by Gasteiger charge is 2.67. The van der Waals surface area contributed by atoms with E-state index in [1.165, 1.54) is 0 Å². The number of allylic oxidation sites excluding steroid dienone is 4. The molecule has 1 N–H and O–H groups in total. The van der Waals surface area contributed by atoms with Crippen LogP contribution in [-0.2, 0) is 14.3 Å². The Bertz CT molecular complexity index is 800. The lowest BCUT2D eigenvalue weighted by Gasteiger charge is -2.54. The van der Waals surface area contributed by atoms with Crippen LogP contribution in [0.2, 0.25) is 0 Å². The summed E-state index contributed by atoms with van der Waals surface area (Å²) in [5.41, 5.74) is -2.37. The average molecular weight is 326 g/mol. The van der Waals surface area contributed by atoms with Crippen LogP contribution >= 0.6 is 0 Å². The highest BCUT2D eigenvalue weighted by molar-refractivity contribution is 6.14. The van der Waals surface area contributed by atoms with E-state index in [1.54, 1.807) is 13.0 Å². The third-order valence-electron chi connectivity index (χ3n) is 6.64. The van der Waals surface area contributed by atoms with Crippen molar-refractivity contribution < 1.29 is 19.4 Å². The van der Waals surface area contributed by atoms with Crippen LogP contribution in [0.5, 0.6) is 0 Å². The fraction of sp³-hybridized carbons (Fsp3) is 0.500. The number of Topliss-reactive ketones (excluding diaryl/α,β-unsaturated/α-hetero) is 1. The summed E-state index contributed by atoms with van der Waals surface area (Å²) in [4.78, 5) is 25.6. The topological polar surface area (TPSA) is 63.6 Å². The number of hydrogen-bond donors (Lipinski definition) is 1. The molecule has 1 heterocycles. The smallest absolute Gasteiger partial charge is 0.321 e. The molecule has 0 spiro atoms. The van der Waals surface area contributed by atoms with Crippen molar-refractivity contribution in [2.75, 3.05) is 0 Å². The lowest BCUT2D eigenvalue weighted by molar-refractivity contribution is -0.146. The maximum atomic E-state index is 13.1. The van der Waals surface area contributed by atoms with Gasteiger partial charge in [0.25, 0.3) is 0 Å². The van der Waals surface area contributed by atoms with Gasteiger partial charge in [-0.25, -0.2) is 0 Å². The molecule has 0 unspecified atom stereocenters. The van der Waals surface area contributed by atoms with Crippen molar-refractivity contribution in [1.82, 2.24) is 0 Å². The number of ketones is 1. The second-order valence-corrected chi connectivity index (χ2v) is 8.19. The van der Waals surface area contributed by atoms with E-state index in [1.807, 2.05) is 32.1 Å². The van der Waals surface area contributed by atoms with Crippen LogP contribution in [0, 0.1) is 16.2 Å². The van der Waals surface area contributed by atoms with Crippen molar-refractivity contribution >= 4 is 11.8 Å². The van der Waals surface area contributed by atoms with Gasteiger partial charge in [-0.2, -0.15) is 0 Å². The van der Waals surface area contributed by atoms with Gasteiger partial charge in [0.15, 0.2) is 5.76 Å². The van der Waals surface area contributed by atoms with E-state index in [0.29, 0.717) is 30.4 Å². The van der Waals surface area contributed by atoms with Gasteiger partial charge in [0.05, 0.1) is 5.41 Å². The molecule has 3 aliphatic carbocycles. The summed E-state index contributed by atoms with van der Waals surface area (Å²) >= 11 is 0. The van der Waals surface area contributed by atoms with E-state index >= 15 is 0 Å². The first-order valence-electron chi connectivity index (χ1n) is 8.41. The second-order valence-electron chi connectivity index (χ2n) is 8.19. The maximum absolute atomic E-state index is 13.1. The van der Waals surface area contributed by atoms with E-state index in [4.69, 9.17) is 4.74 Å². The molecule has 0 fully saturated rings. The Morgan fingerprint density at radius 3 is 2.62 bits per heavy atom. The van der Waals surface area contributed by atoms with Crippen LogP contribution in [-0.4, -0.2) is 22.5 Å². The molecule has 0 bridgehead atoms. The Hall–Kier alpha value is -1.94. The summed E-state index contributed by atoms with van der Waals surface area (Å²) in [6.45, 7) is 9.57. The molecule has 4 rings (SSSR count). The summed E-state index contributed by atoms with van der Waals surface area (Å²) < 4.78 is 5.43. The molecule has 1 aliphatic heterocycles. The Morgan fingerprint density at radius 2 is 1.96 bits per heavy atom. The van der Waals surface area contributed by atoms with E-state index in [9.17, 15) is 14.7 Å². The van der Waals surface area contributed by atoms with Crippen LogP contribution in [0.15, 0.2) is 47.8 Å². The first kappa shape index (κ1) is 15.6. The van der Waals surface area contributed by atoms with Crippen LogP contribution in [0.25, 0.3) is 0 Å². The van der Waals surface area contributed by atoms with Crippen molar-refractivity contribution in [2.45, 2.75) is 45.6 Å². The Labute approximate surface area is 141 Å². The molecule has 126 valence electrons. The highest BCUT2D eigenvalue weighted by Crippen LogP contribution is 2.64. The van der Waals surface area contributed by atoms with Crippen LogP contribution in [0.4, 0.5) is 0 Å². The fourth-order valence-corrected chi connectivity index (χ4v) is 4.90. The SMILES string of the molecule is C=C[C@]1(C)C=C2C(=O)C3=C4[C@@](C)(CC=C[C@]4(C)[C@@]2(O)CC1)C(=O)O3. The van der Waals surface area contributed by atoms with Gasteiger partial charge in [0.2, 0.25) is 5.78 Å². The molecule has 4 nitrogen and oxygen atoms in total. The highest BCUT2D eigenvalue weighted by atomic mass is 16.5. The van der Waals surface area contributed by atoms with Crippen LogP contribution < -0.4 is 0 Å². The van der Waals surface area contributed by atoms with Gasteiger partial charge in [-0.15, -0.1) is 6.58 Å². The molecule has 0 amide bonds. The molecule has 0 aromatic rings. The van der Waals surface area contributed by atoms with Crippen molar-refractivity contribution in [3.05, 3.63) is 47.8 Å². The minimum absolute atomic E-state index is 0.124. The van der Waals surface area contributed by atoms with Crippen molar-refractivity contribution in [1.29, 1.82) is 0 Å². The third kappa shape index (κ3) is 1.48. The molecule has 0 saturated carbocycles. The monoisotopic (exact) mass is 326 g/mol. The lowest BCUT2D eigenvalue weighted by Crippen LogP contribution is -2.58. The number of fused-ring (bicyclic) bond motifs is 2. The zero-order valence-corrected chi connectivity index (χ0v) is 14.3. The Morgan fingerprint density at radius 1 is 1.25 bits per heavy atom. The number of ether oxygens (including phenoxy) is 1.